The molecular formula is C27H21ClN2O6. The topological polar surface area (TPSA) is 96.0 Å². The number of nitrogens with zero attached hydrogens (tertiary/aromatic N) is 1. The molecule has 1 amide bonds. The maximum absolute atomic E-state index is 12.8. The molecule has 3 aromatic carbocycles. The molecule has 2 heterocycles. The largest absolute Gasteiger partial charge is 0.493 e. The van der Waals surface area contributed by atoms with E-state index in [-0.39, 0.29) is 5.76 Å². The van der Waals surface area contributed by atoms with Gasteiger partial charge in [0.05, 0.1) is 21.3 Å². The number of nitrogens with one attached hydrogen (secondary N) is 1. The number of carbonyl (C=O) groups is 1. The number of oxazole rings is 1. The molecule has 9 heteroatoms. The van der Waals surface area contributed by atoms with Gasteiger partial charge in [0.15, 0.2) is 22.8 Å². The highest BCUT2D eigenvalue weighted by Gasteiger charge is 2.18. The van der Waals surface area contributed by atoms with Crippen molar-refractivity contribution in [2.75, 3.05) is 26.6 Å². The summed E-state index contributed by atoms with van der Waals surface area (Å²) < 4.78 is 27.9. The molecule has 5 aromatic rings. The van der Waals surface area contributed by atoms with Gasteiger partial charge in [-0.25, -0.2) is 4.98 Å². The first-order valence-corrected chi connectivity index (χ1v) is 11.2. The van der Waals surface area contributed by atoms with Gasteiger partial charge >= 0.3 is 0 Å². The first-order chi connectivity index (χ1) is 17.5. The Balaban J connectivity index is 1.39. The van der Waals surface area contributed by atoms with Crippen LogP contribution in [0.15, 0.2) is 75.6 Å². The molecule has 0 radical (unpaired) electrons. The summed E-state index contributed by atoms with van der Waals surface area (Å²) >= 11 is 6.05. The van der Waals surface area contributed by atoms with E-state index >= 15 is 0 Å². The lowest BCUT2D eigenvalue weighted by Crippen LogP contribution is -2.10. The minimum absolute atomic E-state index is 0.170. The van der Waals surface area contributed by atoms with Crippen LogP contribution in [0.2, 0.25) is 5.02 Å². The van der Waals surface area contributed by atoms with Gasteiger partial charge in [-0.2, -0.15) is 0 Å². The normalized spacial score (nSPS) is 10.9. The number of rotatable bonds is 7. The van der Waals surface area contributed by atoms with E-state index in [1.165, 1.54) is 7.11 Å². The zero-order chi connectivity index (χ0) is 25.2. The lowest BCUT2D eigenvalue weighted by atomic mass is 10.2. The monoisotopic (exact) mass is 504 g/mol. The number of anilines is 1. The van der Waals surface area contributed by atoms with E-state index in [0.717, 1.165) is 5.56 Å². The summed E-state index contributed by atoms with van der Waals surface area (Å²) in [6.45, 7) is 0. The Morgan fingerprint density at radius 3 is 2.33 bits per heavy atom. The molecule has 1 N–H and O–H groups in total. The molecule has 0 aliphatic heterocycles. The molecular weight excluding hydrogens is 484 g/mol. The van der Waals surface area contributed by atoms with Gasteiger partial charge in [-0.1, -0.05) is 23.7 Å². The highest BCUT2D eigenvalue weighted by atomic mass is 35.5. The highest BCUT2D eigenvalue weighted by molar-refractivity contribution is 6.30. The van der Waals surface area contributed by atoms with Gasteiger partial charge in [-0.15, -0.1) is 0 Å². The number of amides is 1. The highest BCUT2D eigenvalue weighted by Crippen LogP contribution is 2.41. The number of ether oxygens (including phenoxy) is 3. The summed E-state index contributed by atoms with van der Waals surface area (Å²) in [5.74, 6) is 2.13. The van der Waals surface area contributed by atoms with Crippen molar-refractivity contribution in [2.24, 2.45) is 0 Å². The molecule has 0 fully saturated rings. The fourth-order valence-corrected chi connectivity index (χ4v) is 3.97. The molecule has 8 nitrogen and oxygen atoms in total. The Hall–Kier alpha value is -4.43. The third-order valence-corrected chi connectivity index (χ3v) is 5.73. The first-order valence-electron chi connectivity index (χ1n) is 10.9. The summed E-state index contributed by atoms with van der Waals surface area (Å²) in [6, 6.07) is 19.3. The van der Waals surface area contributed by atoms with E-state index in [1.807, 2.05) is 12.1 Å². The van der Waals surface area contributed by atoms with E-state index in [2.05, 4.69) is 10.3 Å². The lowest BCUT2D eigenvalue weighted by molar-refractivity contribution is 0.0997. The summed E-state index contributed by atoms with van der Waals surface area (Å²) in [6.07, 6.45) is 0. The van der Waals surface area contributed by atoms with Crippen molar-refractivity contribution >= 4 is 34.3 Å². The Labute approximate surface area is 211 Å². The Morgan fingerprint density at radius 2 is 1.64 bits per heavy atom. The minimum atomic E-state index is -0.393. The lowest BCUT2D eigenvalue weighted by Gasteiger charge is -2.12. The van der Waals surface area contributed by atoms with Crippen LogP contribution < -0.4 is 19.5 Å². The van der Waals surface area contributed by atoms with Crippen molar-refractivity contribution in [2.45, 2.75) is 0 Å². The second kappa shape index (κ2) is 9.67. The number of furan rings is 1. The number of benzene rings is 3. The quantitative estimate of drug-likeness (QED) is 0.264. The molecule has 36 heavy (non-hydrogen) atoms. The third kappa shape index (κ3) is 4.46. The number of hydrogen-bond donors (Lipinski definition) is 1. The average molecular weight is 505 g/mol. The van der Waals surface area contributed by atoms with Crippen LogP contribution in [-0.2, 0) is 0 Å². The second-order valence-electron chi connectivity index (χ2n) is 7.74. The molecule has 0 aliphatic carbocycles. The number of halogens is 1. The van der Waals surface area contributed by atoms with E-state index in [9.17, 15) is 4.79 Å². The third-order valence-electron chi connectivity index (χ3n) is 5.50. The molecule has 5 rings (SSSR count). The van der Waals surface area contributed by atoms with Crippen molar-refractivity contribution in [3.05, 3.63) is 77.5 Å². The van der Waals surface area contributed by atoms with Crippen molar-refractivity contribution in [3.63, 3.8) is 0 Å². The summed E-state index contributed by atoms with van der Waals surface area (Å²) in [7, 11) is 4.62. The predicted molar refractivity (Wildman–Crippen MR) is 136 cm³/mol. The number of methoxy groups -OCH3 is 3. The minimum Gasteiger partial charge on any atom is -0.493 e. The van der Waals surface area contributed by atoms with Gasteiger partial charge in [0, 0.05) is 21.8 Å². The van der Waals surface area contributed by atoms with Crippen molar-refractivity contribution in [3.8, 4) is 40.0 Å². The van der Waals surface area contributed by atoms with Crippen LogP contribution in [-0.4, -0.2) is 32.2 Å². The number of aromatic nitrogens is 1. The molecule has 0 spiro atoms. The van der Waals surface area contributed by atoms with Crippen LogP contribution in [0.1, 0.15) is 10.6 Å². The van der Waals surface area contributed by atoms with Gasteiger partial charge in [-0.05, 0) is 54.6 Å². The van der Waals surface area contributed by atoms with E-state index in [1.54, 1.807) is 68.8 Å². The van der Waals surface area contributed by atoms with Crippen molar-refractivity contribution < 1.29 is 27.8 Å². The average Bonchev–Trinajstić information content (AvgIpc) is 3.55. The molecule has 182 valence electrons. The van der Waals surface area contributed by atoms with E-state index in [4.69, 9.17) is 34.6 Å². The fourth-order valence-electron chi connectivity index (χ4n) is 3.78. The fraction of sp³-hybridized carbons (Fsp3) is 0.111. The number of fused-ring (bicyclic) bond motifs is 1. The number of carbonyl (C=O) groups excluding carboxylic acids is 1. The number of hydrogen-bond acceptors (Lipinski definition) is 7. The molecule has 0 unspecified atom stereocenters. The standard InChI is InChI=1S/C27H21ClN2O6/c1-32-23-12-16(13-24(33-2)25(23)34-3)27-30-19-14-18(7-8-21(19)36-27)29-26(31)22-10-9-20(35-22)15-5-4-6-17(28)11-15/h4-14H,1-3H3,(H,29,31). The van der Waals surface area contributed by atoms with Crippen molar-refractivity contribution in [1.29, 1.82) is 0 Å². The zero-order valence-corrected chi connectivity index (χ0v) is 20.4. The molecule has 0 atom stereocenters. The summed E-state index contributed by atoms with van der Waals surface area (Å²) in [5, 5.41) is 3.42. The molecule has 0 aliphatic rings. The Kier molecular flexibility index (Phi) is 6.26. The Bertz CT molecular complexity index is 1550. The van der Waals surface area contributed by atoms with Crippen LogP contribution in [0.25, 0.3) is 33.9 Å². The first kappa shape index (κ1) is 23.3. The van der Waals surface area contributed by atoms with Crippen LogP contribution >= 0.6 is 11.6 Å². The van der Waals surface area contributed by atoms with Gasteiger partial charge < -0.3 is 28.4 Å². The van der Waals surface area contributed by atoms with Crippen LogP contribution in [0, 0.1) is 0 Å². The maximum atomic E-state index is 12.8. The predicted octanol–water partition coefficient (Wildman–Crippen LogP) is 6.69. The van der Waals surface area contributed by atoms with Gasteiger partial charge in [0.25, 0.3) is 5.91 Å². The summed E-state index contributed by atoms with van der Waals surface area (Å²) in [4.78, 5) is 17.4. The van der Waals surface area contributed by atoms with E-state index < -0.39 is 5.91 Å². The van der Waals surface area contributed by atoms with E-state index in [0.29, 0.717) is 56.3 Å². The van der Waals surface area contributed by atoms with Crippen LogP contribution in [0.4, 0.5) is 5.69 Å². The van der Waals surface area contributed by atoms with Crippen LogP contribution in [0.3, 0.4) is 0 Å². The van der Waals surface area contributed by atoms with Gasteiger partial charge in [0.2, 0.25) is 11.6 Å². The van der Waals surface area contributed by atoms with Crippen LogP contribution in [0.5, 0.6) is 17.2 Å². The Morgan fingerprint density at radius 1 is 0.861 bits per heavy atom. The van der Waals surface area contributed by atoms with Crippen molar-refractivity contribution in [1.82, 2.24) is 4.98 Å². The summed E-state index contributed by atoms with van der Waals surface area (Å²) in [5.41, 5.74) is 3.09. The molecule has 0 bridgehead atoms. The molecule has 2 aromatic heterocycles. The van der Waals surface area contributed by atoms with Gasteiger partial charge in [0.1, 0.15) is 11.3 Å². The maximum Gasteiger partial charge on any atom is 0.291 e. The smallest absolute Gasteiger partial charge is 0.291 e. The zero-order valence-electron chi connectivity index (χ0n) is 19.6. The molecule has 0 saturated heterocycles. The SMILES string of the molecule is COc1cc(-c2nc3cc(NC(=O)c4ccc(-c5cccc(Cl)c5)o4)ccc3o2)cc(OC)c1OC. The molecule has 0 saturated carbocycles. The second-order valence-corrected chi connectivity index (χ2v) is 8.18. The van der Waals surface area contributed by atoms with Gasteiger partial charge in [-0.3, -0.25) is 4.79 Å².